The molecular weight excluding hydrogens is 294 g/mol. The number of aromatic nitrogens is 2. The zero-order valence-electron chi connectivity index (χ0n) is 11.7. The lowest BCUT2D eigenvalue weighted by molar-refractivity contribution is 0.581. The lowest BCUT2D eigenvalue weighted by atomic mass is 10.0. The fourth-order valence-corrected chi connectivity index (χ4v) is 3.51. The Hall–Kier alpha value is -1.11. The molecule has 0 unspecified atom stereocenters. The molecule has 2 aromatic rings. The number of nitrogen functional groups attached to an aromatic ring is 1. The number of nitrogens with zero attached hydrogens (tertiary/aromatic N) is 3. The van der Waals surface area contributed by atoms with Crippen LogP contribution in [-0.4, -0.2) is 36.1 Å². The smallest absolute Gasteiger partial charge is 0.228 e. The third-order valence-electron chi connectivity index (χ3n) is 3.50. The number of fused-ring (bicyclic) bond motifs is 1. The number of nitrogens with two attached hydrogens (primary N) is 1. The molecule has 110 valence electrons. The molecule has 1 fully saturated rings. The number of nitrogens with one attached hydrogen (secondary N) is 1. The first-order valence-corrected chi connectivity index (χ1v) is 7.55. The molecule has 0 radical (unpaired) electrons. The highest BCUT2D eigenvalue weighted by molar-refractivity contribution is 7.17. The van der Waals surface area contributed by atoms with Gasteiger partial charge in [-0.25, -0.2) is 4.98 Å². The van der Waals surface area contributed by atoms with E-state index in [0.29, 0.717) is 11.7 Å². The number of halogens is 1. The number of piperazine rings is 1. The van der Waals surface area contributed by atoms with E-state index in [1.807, 2.05) is 0 Å². The van der Waals surface area contributed by atoms with Gasteiger partial charge in [-0.2, -0.15) is 4.98 Å². The summed E-state index contributed by atoms with van der Waals surface area (Å²) in [5, 5.41) is 6.52. The Bertz CT molecular complexity index is 592. The maximum absolute atomic E-state index is 6.16. The zero-order valence-corrected chi connectivity index (χ0v) is 13.4. The fourth-order valence-electron chi connectivity index (χ4n) is 2.41. The highest BCUT2D eigenvalue weighted by Gasteiger charge is 2.18. The molecule has 0 atom stereocenters. The highest BCUT2D eigenvalue weighted by Crippen LogP contribution is 2.34. The Morgan fingerprint density at radius 1 is 1.30 bits per heavy atom. The zero-order chi connectivity index (χ0) is 13.4. The first-order chi connectivity index (χ1) is 9.16. The summed E-state index contributed by atoms with van der Waals surface area (Å²) in [7, 11) is 0. The largest absolute Gasteiger partial charge is 0.383 e. The van der Waals surface area contributed by atoms with Gasteiger partial charge in [0.1, 0.15) is 10.6 Å². The van der Waals surface area contributed by atoms with E-state index in [4.69, 9.17) is 5.73 Å². The van der Waals surface area contributed by atoms with Gasteiger partial charge in [0.2, 0.25) is 5.95 Å². The SMILES string of the molecule is CC(C)c1csc2nc(N3CCNCC3)nc(N)c12.Cl. The van der Waals surface area contributed by atoms with Crippen molar-refractivity contribution in [2.45, 2.75) is 19.8 Å². The molecular formula is C13H20ClN5S. The molecule has 0 aliphatic carbocycles. The van der Waals surface area contributed by atoms with Gasteiger partial charge in [0, 0.05) is 26.2 Å². The van der Waals surface area contributed by atoms with Crippen molar-refractivity contribution >= 4 is 45.7 Å². The van der Waals surface area contributed by atoms with E-state index in [9.17, 15) is 0 Å². The van der Waals surface area contributed by atoms with Gasteiger partial charge >= 0.3 is 0 Å². The van der Waals surface area contributed by atoms with Crippen molar-refractivity contribution in [1.82, 2.24) is 15.3 Å². The fraction of sp³-hybridized carbons (Fsp3) is 0.538. The summed E-state index contributed by atoms with van der Waals surface area (Å²) in [4.78, 5) is 12.4. The lowest BCUT2D eigenvalue weighted by Crippen LogP contribution is -2.44. The van der Waals surface area contributed by atoms with Crippen LogP contribution in [0.4, 0.5) is 11.8 Å². The minimum Gasteiger partial charge on any atom is -0.383 e. The van der Waals surface area contributed by atoms with Crippen LogP contribution < -0.4 is 16.0 Å². The van der Waals surface area contributed by atoms with Crippen molar-refractivity contribution < 1.29 is 0 Å². The van der Waals surface area contributed by atoms with Gasteiger partial charge in [-0.05, 0) is 16.9 Å². The summed E-state index contributed by atoms with van der Waals surface area (Å²) in [5.41, 5.74) is 7.41. The van der Waals surface area contributed by atoms with E-state index >= 15 is 0 Å². The van der Waals surface area contributed by atoms with Crippen LogP contribution in [-0.2, 0) is 0 Å². The standard InChI is InChI=1S/C13H19N5S.ClH/c1-8(2)9-7-19-12-10(9)11(14)16-13(17-12)18-5-3-15-4-6-18;/h7-8,15H,3-6H2,1-2H3,(H2,14,16,17);1H. The van der Waals surface area contributed by atoms with Crippen LogP contribution in [0.2, 0.25) is 0 Å². The van der Waals surface area contributed by atoms with Gasteiger partial charge in [0.25, 0.3) is 0 Å². The summed E-state index contributed by atoms with van der Waals surface area (Å²) >= 11 is 1.66. The van der Waals surface area contributed by atoms with Gasteiger partial charge in [-0.1, -0.05) is 13.8 Å². The quantitative estimate of drug-likeness (QED) is 0.890. The molecule has 1 aliphatic rings. The monoisotopic (exact) mass is 313 g/mol. The second-order valence-corrected chi connectivity index (χ2v) is 6.03. The van der Waals surface area contributed by atoms with Crippen LogP contribution in [0.3, 0.4) is 0 Å². The maximum Gasteiger partial charge on any atom is 0.228 e. The summed E-state index contributed by atoms with van der Waals surface area (Å²) in [5.74, 6) is 1.83. The topological polar surface area (TPSA) is 67.1 Å². The Labute approximate surface area is 129 Å². The van der Waals surface area contributed by atoms with Crippen molar-refractivity contribution in [1.29, 1.82) is 0 Å². The van der Waals surface area contributed by atoms with E-state index in [0.717, 1.165) is 42.3 Å². The first-order valence-electron chi connectivity index (χ1n) is 6.67. The molecule has 0 saturated carbocycles. The molecule has 5 nitrogen and oxygen atoms in total. The molecule has 2 aromatic heterocycles. The number of hydrogen-bond donors (Lipinski definition) is 2. The van der Waals surface area contributed by atoms with Crippen LogP contribution in [0.5, 0.6) is 0 Å². The second-order valence-electron chi connectivity index (χ2n) is 5.17. The van der Waals surface area contributed by atoms with Crippen molar-refractivity contribution in [3.8, 4) is 0 Å². The summed E-state index contributed by atoms with van der Waals surface area (Å²) in [6.07, 6.45) is 0. The van der Waals surface area contributed by atoms with Gasteiger partial charge in [0.15, 0.2) is 0 Å². The molecule has 0 amide bonds. The van der Waals surface area contributed by atoms with Crippen LogP contribution in [0.1, 0.15) is 25.3 Å². The van der Waals surface area contributed by atoms with Crippen LogP contribution in [0, 0.1) is 0 Å². The Balaban J connectivity index is 0.00000147. The third-order valence-corrected chi connectivity index (χ3v) is 4.39. The molecule has 0 spiro atoms. The number of hydrogen-bond acceptors (Lipinski definition) is 6. The van der Waals surface area contributed by atoms with Crippen molar-refractivity contribution in [2.24, 2.45) is 0 Å². The summed E-state index contributed by atoms with van der Waals surface area (Å²) in [6, 6.07) is 0. The normalized spacial score (nSPS) is 15.7. The number of anilines is 2. The average molecular weight is 314 g/mol. The van der Waals surface area contributed by atoms with E-state index in [2.05, 4.69) is 39.4 Å². The predicted molar refractivity (Wildman–Crippen MR) is 88.2 cm³/mol. The average Bonchev–Trinajstić information content (AvgIpc) is 2.84. The van der Waals surface area contributed by atoms with Gasteiger partial charge < -0.3 is 16.0 Å². The van der Waals surface area contributed by atoms with Gasteiger partial charge in [0.05, 0.1) is 5.39 Å². The second kappa shape index (κ2) is 6.11. The highest BCUT2D eigenvalue weighted by atomic mass is 35.5. The molecule has 7 heteroatoms. The summed E-state index contributed by atoms with van der Waals surface area (Å²) in [6.45, 7) is 8.17. The van der Waals surface area contributed by atoms with E-state index < -0.39 is 0 Å². The van der Waals surface area contributed by atoms with Gasteiger partial charge in [-0.3, -0.25) is 0 Å². The van der Waals surface area contributed by atoms with Crippen molar-refractivity contribution in [3.05, 3.63) is 10.9 Å². The Kier molecular flexibility index (Phi) is 4.67. The van der Waals surface area contributed by atoms with Crippen LogP contribution >= 0.6 is 23.7 Å². The molecule has 20 heavy (non-hydrogen) atoms. The third kappa shape index (κ3) is 2.68. The Morgan fingerprint density at radius 2 is 2.00 bits per heavy atom. The first kappa shape index (κ1) is 15.3. The predicted octanol–water partition coefficient (Wildman–Crippen LogP) is 2.23. The maximum atomic E-state index is 6.16. The number of thiophene rings is 1. The van der Waals surface area contributed by atoms with E-state index in [-0.39, 0.29) is 12.4 Å². The van der Waals surface area contributed by atoms with Crippen molar-refractivity contribution in [2.75, 3.05) is 36.8 Å². The van der Waals surface area contributed by atoms with E-state index in [1.165, 1.54) is 5.56 Å². The summed E-state index contributed by atoms with van der Waals surface area (Å²) < 4.78 is 0. The van der Waals surface area contributed by atoms with Crippen molar-refractivity contribution in [3.63, 3.8) is 0 Å². The lowest BCUT2D eigenvalue weighted by Gasteiger charge is -2.27. The van der Waals surface area contributed by atoms with Gasteiger partial charge in [-0.15, -0.1) is 23.7 Å². The molecule has 0 bridgehead atoms. The minimum atomic E-state index is 0. The van der Waals surface area contributed by atoms with E-state index in [1.54, 1.807) is 11.3 Å². The van der Waals surface area contributed by atoms with Crippen LogP contribution in [0.15, 0.2) is 5.38 Å². The molecule has 1 aliphatic heterocycles. The Morgan fingerprint density at radius 3 is 2.65 bits per heavy atom. The molecule has 1 saturated heterocycles. The molecule has 3 N–H and O–H groups in total. The minimum absolute atomic E-state index is 0. The van der Waals surface area contributed by atoms with Crippen LogP contribution in [0.25, 0.3) is 10.2 Å². The molecule has 3 rings (SSSR count). The molecule has 3 heterocycles. The molecule has 0 aromatic carbocycles. The number of rotatable bonds is 2.